The van der Waals surface area contributed by atoms with Crippen molar-refractivity contribution in [3.05, 3.63) is 29.3 Å². The summed E-state index contributed by atoms with van der Waals surface area (Å²) in [5.41, 5.74) is 9.22. The second-order valence-corrected chi connectivity index (χ2v) is 5.60. The fourth-order valence-electron chi connectivity index (χ4n) is 2.39. The van der Waals surface area contributed by atoms with Crippen molar-refractivity contribution in [2.45, 2.75) is 19.9 Å². The maximum absolute atomic E-state index is 5.85. The third-order valence-corrected chi connectivity index (χ3v) is 3.94. The number of piperazine rings is 1. The summed E-state index contributed by atoms with van der Waals surface area (Å²) in [6.45, 7) is 7.44. The van der Waals surface area contributed by atoms with Crippen molar-refractivity contribution in [2.24, 2.45) is 5.73 Å². The number of thiocarbonyl (C=S) groups is 1. The highest BCUT2D eigenvalue weighted by Gasteiger charge is 2.22. The molecule has 1 saturated heterocycles. The molecule has 0 aliphatic carbocycles. The molecule has 2 N–H and O–H groups in total. The summed E-state index contributed by atoms with van der Waals surface area (Å²) >= 11 is 5.17. The number of nitrogens with zero attached hydrogens (tertiary/aromatic N) is 2. The van der Waals surface area contributed by atoms with E-state index in [0.29, 0.717) is 11.0 Å². The van der Waals surface area contributed by atoms with Crippen LogP contribution < -0.4 is 10.6 Å². The van der Waals surface area contributed by atoms with Crippen LogP contribution in [0.2, 0.25) is 0 Å². The fourth-order valence-corrected chi connectivity index (χ4v) is 2.55. The second kappa shape index (κ2) is 5.24. The minimum Gasteiger partial charge on any atom is -0.389 e. The highest BCUT2D eigenvalue weighted by molar-refractivity contribution is 7.80. The van der Waals surface area contributed by atoms with Crippen LogP contribution >= 0.6 is 12.2 Å². The van der Waals surface area contributed by atoms with Crippen molar-refractivity contribution >= 4 is 22.9 Å². The average molecular weight is 263 g/mol. The molecule has 0 bridgehead atoms. The number of hydrogen-bond acceptors (Lipinski definition) is 3. The van der Waals surface area contributed by atoms with E-state index in [4.69, 9.17) is 18.0 Å². The lowest BCUT2D eigenvalue weighted by molar-refractivity contribution is 0.234. The van der Waals surface area contributed by atoms with Gasteiger partial charge in [0, 0.05) is 36.9 Å². The van der Waals surface area contributed by atoms with Crippen LogP contribution in [0.15, 0.2) is 18.2 Å². The molecular formula is C14H21N3S. The molecule has 0 radical (unpaired) electrons. The van der Waals surface area contributed by atoms with E-state index in [1.54, 1.807) is 0 Å². The molecule has 1 aliphatic rings. The maximum Gasteiger partial charge on any atom is 0.106 e. The van der Waals surface area contributed by atoms with Crippen LogP contribution in [0.3, 0.4) is 0 Å². The van der Waals surface area contributed by atoms with Gasteiger partial charge in [0.1, 0.15) is 4.99 Å². The number of likely N-dealkylation sites (N-methyl/N-ethyl adjacent to an activating group) is 1. The lowest BCUT2D eigenvalue weighted by Gasteiger charge is -2.39. The number of benzene rings is 1. The third-order valence-electron chi connectivity index (χ3n) is 3.72. The highest BCUT2D eigenvalue weighted by Crippen LogP contribution is 2.24. The molecule has 0 aromatic heterocycles. The van der Waals surface area contributed by atoms with Crippen LogP contribution in [0, 0.1) is 6.92 Å². The van der Waals surface area contributed by atoms with Gasteiger partial charge in [0.05, 0.1) is 0 Å². The van der Waals surface area contributed by atoms with Gasteiger partial charge in [-0.15, -0.1) is 0 Å². The van der Waals surface area contributed by atoms with E-state index in [1.807, 2.05) is 0 Å². The molecule has 1 fully saturated rings. The van der Waals surface area contributed by atoms with Crippen molar-refractivity contribution in [1.29, 1.82) is 0 Å². The van der Waals surface area contributed by atoms with Crippen molar-refractivity contribution in [1.82, 2.24) is 4.90 Å². The molecular weight excluding hydrogens is 242 g/mol. The predicted octanol–water partition coefficient (Wildman–Crippen LogP) is 1.77. The highest BCUT2D eigenvalue weighted by atomic mass is 32.1. The van der Waals surface area contributed by atoms with Crippen molar-refractivity contribution < 1.29 is 0 Å². The molecule has 4 heteroatoms. The Balaban J connectivity index is 2.30. The predicted molar refractivity (Wildman–Crippen MR) is 81.4 cm³/mol. The smallest absolute Gasteiger partial charge is 0.106 e. The van der Waals surface area contributed by atoms with Crippen LogP contribution in [0.1, 0.15) is 18.1 Å². The van der Waals surface area contributed by atoms with Gasteiger partial charge < -0.3 is 15.5 Å². The molecule has 1 heterocycles. The molecule has 1 aromatic rings. The number of hydrogen-bond donors (Lipinski definition) is 1. The molecule has 1 aromatic carbocycles. The van der Waals surface area contributed by atoms with Crippen molar-refractivity contribution in [3.8, 4) is 0 Å². The van der Waals surface area contributed by atoms with Crippen LogP contribution in [0.25, 0.3) is 0 Å². The van der Waals surface area contributed by atoms with E-state index in [9.17, 15) is 0 Å². The topological polar surface area (TPSA) is 32.5 Å². The zero-order valence-electron chi connectivity index (χ0n) is 11.3. The number of anilines is 1. The monoisotopic (exact) mass is 263 g/mol. The number of nitrogens with two attached hydrogens (primary N) is 1. The molecule has 98 valence electrons. The minimum atomic E-state index is 0.486. The van der Waals surface area contributed by atoms with E-state index in [2.05, 4.69) is 48.9 Å². The average Bonchev–Trinajstić information content (AvgIpc) is 2.32. The Morgan fingerprint density at radius 2 is 2.11 bits per heavy atom. The van der Waals surface area contributed by atoms with E-state index >= 15 is 0 Å². The first-order chi connectivity index (χ1) is 8.49. The van der Waals surface area contributed by atoms with E-state index in [-0.39, 0.29) is 0 Å². The largest absolute Gasteiger partial charge is 0.389 e. The Kier molecular flexibility index (Phi) is 3.88. The van der Waals surface area contributed by atoms with E-state index in [0.717, 1.165) is 25.2 Å². The summed E-state index contributed by atoms with van der Waals surface area (Å²) < 4.78 is 0. The fraction of sp³-hybridized carbons (Fsp3) is 0.500. The summed E-state index contributed by atoms with van der Waals surface area (Å²) in [5, 5.41) is 0. The summed E-state index contributed by atoms with van der Waals surface area (Å²) in [5.74, 6) is 0. The van der Waals surface area contributed by atoms with Crippen LogP contribution in [0.5, 0.6) is 0 Å². The Hall–Kier alpha value is -1.13. The van der Waals surface area contributed by atoms with Gasteiger partial charge in [0.2, 0.25) is 0 Å². The molecule has 0 spiro atoms. The zero-order valence-corrected chi connectivity index (χ0v) is 12.1. The summed E-state index contributed by atoms with van der Waals surface area (Å²) in [7, 11) is 2.17. The zero-order chi connectivity index (χ0) is 13.3. The van der Waals surface area contributed by atoms with Crippen LogP contribution in [-0.2, 0) is 0 Å². The quantitative estimate of drug-likeness (QED) is 0.824. The SMILES string of the molecule is Cc1ccc(N2CCN(C)C(C)C2)c(C(N)=S)c1. The Labute approximate surface area is 115 Å². The first-order valence-electron chi connectivity index (χ1n) is 6.34. The van der Waals surface area contributed by atoms with Gasteiger partial charge >= 0.3 is 0 Å². The van der Waals surface area contributed by atoms with Crippen LogP contribution in [0.4, 0.5) is 5.69 Å². The number of aryl methyl sites for hydroxylation is 1. The molecule has 3 nitrogen and oxygen atoms in total. The van der Waals surface area contributed by atoms with Gasteiger partial charge in [-0.25, -0.2) is 0 Å². The van der Waals surface area contributed by atoms with E-state index in [1.165, 1.54) is 11.3 Å². The van der Waals surface area contributed by atoms with E-state index < -0.39 is 0 Å². The number of rotatable bonds is 2. The lowest BCUT2D eigenvalue weighted by atomic mass is 10.1. The minimum absolute atomic E-state index is 0.486. The molecule has 1 atom stereocenters. The summed E-state index contributed by atoms with van der Waals surface area (Å²) in [6.07, 6.45) is 0. The molecule has 0 saturated carbocycles. The maximum atomic E-state index is 5.85. The Morgan fingerprint density at radius 3 is 2.72 bits per heavy atom. The van der Waals surface area contributed by atoms with Gasteiger partial charge in [-0.05, 0) is 33.0 Å². The van der Waals surface area contributed by atoms with Gasteiger partial charge in [-0.2, -0.15) is 0 Å². The van der Waals surface area contributed by atoms with Crippen molar-refractivity contribution in [2.75, 3.05) is 31.6 Å². The molecule has 1 unspecified atom stereocenters. The van der Waals surface area contributed by atoms with Gasteiger partial charge in [0.25, 0.3) is 0 Å². The van der Waals surface area contributed by atoms with Gasteiger partial charge in [-0.1, -0.05) is 23.8 Å². The lowest BCUT2D eigenvalue weighted by Crippen LogP contribution is -2.50. The van der Waals surface area contributed by atoms with Gasteiger partial charge in [-0.3, -0.25) is 0 Å². The summed E-state index contributed by atoms with van der Waals surface area (Å²) in [6, 6.07) is 6.90. The Morgan fingerprint density at radius 1 is 1.39 bits per heavy atom. The van der Waals surface area contributed by atoms with Crippen molar-refractivity contribution in [3.63, 3.8) is 0 Å². The molecule has 1 aliphatic heterocycles. The normalized spacial score (nSPS) is 21.1. The second-order valence-electron chi connectivity index (χ2n) is 5.16. The van der Waals surface area contributed by atoms with Crippen LogP contribution in [-0.4, -0.2) is 42.6 Å². The molecule has 2 rings (SSSR count). The molecule has 18 heavy (non-hydrogen) atoms. The molecule has 0 amide bonds. The first-order valence-corrected chi connectivity index (χ1v) is 6.75. The van der Waals surface area contributed by atoms with Gasteiger partial charge in [0.15, 0.2) is 0 Å². The summed E-state index contributed by atoms with van der Waals surface area (Å²) in [4.78, 5) is 5.25. The first kappa shape index (κ1) is 13.3. The third kappa shape index (κ3) is 2.65. The standard InChI is InChI=1S/C14H21N3S/c1-10-4-5-13(12(8-10)14(15)18)17-7-6-16(3)11(2)9-17/h4-5,8,11H,6-7,9H2,1-3H3,(H2,15,18). The Bertz CT molecular complexity index is 458.